The summed E-state index contributed by atoms with van der Waals surface area (Å²) in [7, 11) is 0. The van der Waals surface area contributed by atoms with E-state index in [1.165, 1.54) is 11.3 Å². The van der Waals surface area contributed by atoms with E-state index < -0.39 is 12.1 Å². The lowest BCUT2D eigenvalue weighted by Gasteiger charge is -2.12. The van der Waals surface area contributed by atoms with Crippen molar-refractivity contribution in [3.05, 3.63) is 16.1 Å². The zero-order valence-electron chi connectivity index (χ0n) is 11.1. The van der Waals surface area contributed by atoms with E-state index in [-0.39, 0.29) is 12.1 Å². The van der Waals surface area contributed by atoms with Gasteiger partial charge in [0.25, 0.3) is 0 Å². The van der Waals surface area contributed by atoms with Crippen LogP contribution in [0.3, 0.4) is 0 Å². The van der Waals surface area contributed by atoms with Crippen molar-refractivity contribution in [2.24, 2.45) is 0 Å². The fourth-order valence-electron chi connectivity index (χ4n) is 1.95. The van der Waals surface area contributed by atoms with Gasteiger partial charge in [-0.2, -0.15) is 0 Å². The summed E-state index contributed by atoms with van der Waals surface area (Å²) in [6.45, 7) is 2.65. The second kappa shape index (κ2) is 6.67. The molecular formula is C12H17N3O4S. The van der Waals surface area contributed by atoms with Crippen molar-refractivity contribution in [3.63, 3.8) is 0 Å². The number of carboxylic acid groups (broad SMARTS) is 1. The number of hydrogen-bond acceptors (Lipinski definition) is 5. The average Bonchev–Trinajstić information content (AvgIpc) is 3.03. The monoisotopic (exact) mass is 299 g/mol. The van der Waals surface area contributed by atoms with Gasteiger partial charge in [0.2, 0.25) is 0 Å². The van der Waals surface area contributed by atoms with Crippen LogP contribution in [0.2, 0.25) is 0 Å². The van der Waals surface area contributed by atoms with Crippen LogP contribution in [0.25, 0.3) is 0 Å². The van der Waals surface area contributed by atoms with Gasteiger partial charge in [0, 0.05) is 17.6 Å². The SMILES string of the molecule is Cc1cnc(CNC(=O)NCC2CCC(C(=O)O)O2)s1. The molecule has 8 heteroatoms. The second-order valence-electron chi connectivity index (χ2n) is 4.59. The van der Waals surface area contributed by atoms with Gasteiger partial charge in [-0.25, -0.2) is 14.6 Å². The van der Waals surface area contributed by atoms with Crippen molar-refractivity contribution < 1.29 is 19.4 Å². The molecule has 2 heterocycles. The fraction of sp³-hybridized carbons (Fsp3) is 0.583. The summed E-state index contributed by atoms with van der Waals surface area (Å²) in [6, 6.07) is -0.305. The van der Waals surface area contributed by atoms with E-state index in [0.29, 0.717) is 25.9 Å². The van der Waals surface area contributed by atoms with Crippen LogP contribution in [0.15, 0.2) is 6.20 Å². The number of thiazole rings is 1. The van der Waals surface area contributed by atoms with E-state index in [1.807, 2.05) is 6.92 Å². The Balaban J connectivity index is 1.64. The predicted molar refractivity (Wildman–Crippen MR) is 72.6 cm³/mol. The molecule has 0 aliphatic carbocycles. The lowest BCUT2D eigenvalue weighted by molar-refractivity contribution is -0.149. The van der Waals surface area contributed by atoms with Gasteiger partial charge in [-0.3, -0.25) is 0 Å². The Morgan fingerprint density at radius 1 is 1.50 bits per heavy atom. The molecule has 1 aliphatic rings. The van der Waals surface area contributed by atoms with Crippen molar-refractivity contribution in [2.45, 2.75) is 38.5 Å². The molecule has 1 aromatic rings. The first-order chi connectivity index (χ1) is 9.54. The molecule has 2 rings (SSSR count). The van der Waals surface area contributed by atoms with Crippen molar-refractivity contribution in [3.8, 4) is 0 Å². The highest BCUT2D eigenvalue weighted by molar-refractivity contribution is 7.11. The van der Waals surface area contributed by atoms with E-state index in [4.69, 9.17) is 9.84 Å². The molecule has 0 spiro atoms. The first-order valence-corrected chi connectivity index (χ1v) is 7.17. The normalized spacial score (nSPS) is 21.6. The summed E-state index contributed by atoms with van der Waals surface area (Å²) < 4.78 is 5.29. The molecule has 1 saturated heterocycles. The molecule has 110 valence electrons. The highest BCUT2D eigenvalue weighted by atomic mass is 32.1. The zero-order valence-corrected chi connectivity index (χ0v) is 11.9. The number of aromatic nitrogens is 1. The molecule has 20 heavy (non-hydrogen) atoms. The van der Waals surface area contributed by atoms with E-state index in [2.05, 4.69) is 15.6 Å². The van der Waals surface area contributed by atoms with Crippen molar-refractivity contribution in [1.82, 2.24) is 15.6 Å². The summed E-state index contributed by atoms with van der Waals surface area (Å²) in [5.74, 6) is -0.948. The van der Waals surface area contributed by atoms with Crippen molar-refractivity contribution in [1.29, 1.82) is 0 Å². The van der Waals surface area contributed by atoms with Crippen LogP contribution >= 0.6 is 11.3 Å². The Morgan fingerprint density at radius 3 is 2.90 bits per heavy atom. The van der Waals surface area contributed by atoms with Gasteiger partial charge < -0.3 is 20.5 Å². The van der Waals surface area contributed by atoms with Gasteiger partial charge in [0.15, 0.2) is 6.10 Å². The highest BCUT2D eigenvalue weighted by Crippen LogP contribution is 2.19. The number of nitrogens with zero attached hydrogens (tertiary/aromatic N) is 1. The number of carbonyl (C=O) groups excluding carboxylic acids is 1. The molecule has 1 fully saturated rings. The van der Waals surface area contributed by atoms with Gasteiger partial charge in [-0.1, -0.05) is 0 Å². The molecule has 7 nitrogen and oxygen atoms in total. The number of carboxylic acids is 1. The minimum Gasteiger partial charge on any atom is -0.479 e. The number of amides is 2. The average molecular weight is 299 g/mol. The molecular weight excluding hydrogens is 282 g/mol. The van der Waals surface area contributed by atoms with Crippen LogP contribution in [0.1, 0.15) is 22.7 Å². The van der Waals surface area contributed by atoms with Crippen LogP contribution in [0, 0.1) is 6.92 Å². The number of carbonyl (C=O) groups is 2. The standard InChI is InChI=1S/C12H17N3O4S/c1-7-4-13-10(20-7)6-15-12(18)14-5-8-2-3-9(19-8)11(16)17/h4,8-9H,2-3,5-6H2,1H3,(H,16,17)(H2,14,15,18). The number of rotatable bonds is 5. The lowest BCUT2D eigenvalue weighted by Crippen LogP contribution is -2.39. The van der Waals surface area contributed by atoms with E-state index in [9.17, 15) is 9.59 Å². The maximum atomic E-state index is 11.6. The first-order valence-electron chi connectivity index (χ1n) is 6.36. The minimum atomic E-state index is -0.948. The molecule has 2 unspecified atom stereocenters. The molecule has 0 bridgehead atoms. The van der Waals surface area contributed by atoms with E-state index in [0.717, 1.165) is 9.88 Å². The van der Waals surface area contributed by atoms with E-state index >= 15 is 0 Å². The lowest BCUT2D eigenvalue weighted by atomic mass is 10.2. The Hall–Kier alpha value is -1.67. The fourth-order valence-corrected chi connectivity index (χ4v) is 2.67. The van der Waals surface area contributed by atoms with E-state index in [1.54, 1.807) is 6.20 Å². The molecule has 2 amide bonds. The maximum absolute atomic E-state index is 11.6. The third-order valence-electron chi connectivity index (χ3n) is 2.94. The van der Waals surface area contributed by atoms with Gasteiger partial charge >= 0.3 is 12.0 Å². The van der Waals surface area contributed by atoms with Crippen LogP contribution in [-0.4, -0.2) is 40.8 Å². The molecule has 1 aromatic heterocycles. The summed E-state index contributed by atoms with van der Waals surface area (Å²) in [4.78, 5) is 27.5. The Bertz CT molecular complexity index is 491. The number of aliphatic carboxylic acids is 1. The van der Waals surface area contributed by atoms with Gasteiger partial charge in [0.05, 0.1) is 12.6 Å². The molecule has 0 aromatic carbocycles. The topological polar surface area (TPSA) is 101 Å². The second-order valence-corrected chi connectivity index (χ2v) is 5.91. The van der Waals surface area contributed by atoms with Gasteiger partial charge in [-0.05, 0) is 19.8 Å². The van der Waals surface area contributed by atoms with Crippen LogP contribution in [0.4, 0.5) is 4.79 Å². The van der Waals surface area contributed by atoms with Crippen molar-refractivity contribution in [2.75, 3.05) is 6.54 Å². The number of aryl methyl sites for hydroxylation is 1. The summed E-state index contributed by atoms with van der Waals surface area (Å²) >= 11 is 1.53. The number of nitrogens with one attached hydrogen (secondary N) is 2. The molecule has 1 aliphatic heterocycles. The Kier molecular flexibility index (Phi) is 4.91. The van der Waals surface area contributed by atoms with Crippen molar-refractivity contribution >= 4 is 23.3 Å². The van der Waals surface area contributed by atoms with Gasteiger partial charge in [0.1, 0.15) is 5.01 Å². The predicted octanol–water partition coefficient (Wildman–Crippen LogP) is 0.883. The largest absolute Gasteiger partial charge is 0.479 e. The third kappa shape index (κ3) is 4.17. The minimum absolute atomic E-state index is 0.232. The smallest absolute Gasteiger partial charge is 0.332 e. The first kappa shape index (κ1) is 14.7. The number of urea groups is 1. The van der Waals surface area contributed by atoms with Crippen LogP contribution in [-0.2, 0) is 16.1 Å². The number of hydrogen-bond donors (Lipinski definition) is 3. The molecule has 0 radical (unpaired) electrons. The van der Waals surface area contributed by atoms with Crippen LogP contribution < -0.4 is 10.6 Å². The molecule has 3 N–H and O–H groups in total. The maximum Gasteiger partial charge on any atom is 0.332 e. The molecule has 2 atom stereocenters. The quantitative estimate of drug-likeness (QED) is 0.749. The summed E-state index contributed by atoms with van der Waals surface area (Å²) in [6.07, 6.45) is 1.91. The van der Waals surface area contributed by atoms with Crippen LogP contribution in [0.5, 0.6) is 0 Å². The Labute approximate surface area is 120 Å². The van der Waals surface area contributed by atoms with Gasteiger partial charge in [-0.15, -0.1) is 11.3 Å². The third-order valence-corrected chi connectivity index (χ3v) is 3.86. The number of ether oxygens (including phenoxy) is 1. The highest BCUT2D eigenvalue weighted by Gasteiger charge is 2.30. The molecule has 0 saturated carbocycles. The summed E-state index contributed by atoms with van der Waals surface area (Å²) in [5, 5.41) is 15.0. The zero-order chi connectivity index (χ0) is 14.5. The summed E-state index contributed by atoms with van der Waals surface area (Å²) in [5.41, 5.74) is 0. The Morgan fingerprint density at radius 2 is 2.30 bits per heavy atom.